The average molecular weight is 332 g/mol. The van der Waals surface area contributed by atoms with Crippen LogP contribution in [0.3, 0.4) is 0 Å². The van der Waals surface area contributed by atoms with E-state index in [1.165, 1.54) is 0 Å². The van der Waals surface area contributed by atoms with Crippen LogP contribution in [0.5, 0.6) is 0 Å². The maximum absolute atomic E-state index is 12.6. The number of anilines is 1. The molecule has 0 aromatic heterocycles. The molecule has 1 aromatic carbocycles. The standard InChI is InChI=1S/C18H28N4O2/c1-22(2)16(23)18(10-6-7-11-18)13-20-17(19)21-15-9-5-4-8-14(15)12-24-3/h4-5,8-9H,6-7,10-13H2,1-3H3,(H3,19,20,21). The van der Waals surface area contributed by atoms with Gasteiger partial charge in [-0.05, 0) is 18.9 Å². The van der Waals surface area contributed by atoms with Crippen LogP contribution in [0.4, 0.5) is 5.69 Å². The molecule has 24 heavy (non-hydrogen) atoms. The first-order valence-corrected chi connectivity index (χ1v) is 8.34. The molecule has 0 radical (unpaired) electrons. The van der Waals surface area contributed by atoms with E-state index in [2.05, 4.69) is 10.3 Å². The number of aliphatic imine (C=N–C) groups is 1. The summed E-state index contributed by atoms with van der Waals surface area (Å²) in [7, 11) is 5.26. The van der Waals surface area contributed by atoms with Crippen LogP contribution < -0.4 is 11.1 Å². The minimum atomic E-state index is -0.401. The number of ether oxygens (including phenoxy) is 1. The molecule has 1 saturated carbocycles. The van der Waals surface area contributed by atoms with Crippen LogP contribution in [-0.2, 0) is 16.1 Å². The SMILES string of the molecule is COCc1ccccc1NC(N)=NCC1(C(=O)N(C)C)CCCC1. The number of nitrogens with one attached hydrogen (secondary N) is 1. The number of rotatable bonds is 6. The highest BCUT2D eigenvalue weighted by Crippen LogP contribution is 2.39. The van der Waals surface area contributed by atoms with Crippen molar-refractivity contribution in [1.29, 1.82) is 0 Å². The van der Waals surface area contributed by atoms with Crippen molar-refractivity contribution in [3.63, 3.8) is 0 Å². The molecule has 0 bridgehead atoms. The molecule has 2 rings (SSSR count). The van der Waals surface area contributed by atoms with Gasteiger partial charge in [0, 0.05) is 32.5 Å². The number of hydrogen-bond acceptors (Lipinski definition) is 3. The molecule has 0 spiro atoms. The molecule has 132 valence electrons. The molecule has 0 saturated heterocycles. The number of methoxy groups -OCH3 is 1. The fourth-order valence-corrected chi connectivity index (χ4v) is 3.30. The van der Waals surface area contributed by atoms with Crippen molar-refractivity contribution < 1.29 is 9.53 Å². The van der Waals surface area contributed by atoms with Gasteiger partial charge in [-0.2, -0.15) is 0 Å². The Bertz CT molecular complexity index is 592. The number of carbonyl (C=O) groups is 1. The topological polar surface area (TPSA) is 80.0 Å². The third-order valence-corrected chi connectivity index (χ3v) is 4.55. The molecule has 1 aliphatic carbocycles. The highest BCUT2D eigenvalue weighted by Gasteiger charge is 2.41. The monoisotopic (exact) mass is 332 g/mol. The number of nitrogens with two attached hydrogens (primary N) is 1. The Morgan fingerprint density at radius 3 is 2.62 bits per heavy atom. The third kappa shape index (κ3) is 4.26. The van der Waals surface area contributed by atoms with Crippen LogP contribution in [0, 0.1) is 5.41 Å². The normalized spacial score (nSPS) is 16.9. The molecule has 0 heterocycles. The lowest BCUT2D eigenvalue weighted by Crippen LogP contribution is -2.41. The number of carbonyl (C=O) groups excluding carboxylic acids is 1. The second-order valence-electron chi connectivity index (χ2n) is 6.60. The lowest BCUT2D eigenvalue weighted by molar-refractivity contribution is -0.138. The maximum atomic E-state index is 12.6. The summed E-state index contributed by atoms with van der Waals surface area (Å²) >= 11 is 0. The second kappa shape index (κ2) is 8.15. The molecule has 1 aromatic rings. The Balaban J connectivity index is 2.09. The van der Waals surface area contributed by atoms with E-state index in [0.29, 0.717) is 19.1 Å². The van der Waals surface area contributed by atoms with Crippen molar-refractivity contribution in [3.8, 4) is 0 Å². The fourth-order valence-electron chi connectivity index (χ4n) is 3.30. The van der Waals surface area contributed by atoms with Gasteiger partial charge in [-0.15, -0.1) is 0 Å². The predicted molar refractivity (Wildman–Crippen MR) is 96.9 cm³/mol. The zero-order chi connectivity index (χ0) is 17.6. The van der Waals surface area contributed by atoms with Crippen LogP contribution in [0.1, 0.15) is 31.2 Å². The molecule has 0 atom stereocenters. The van der Waals surface area contributed by atoms with E-state index in [9.17, 15) is 4.79 Å². The first kappa shape index (κ1) is 18.3. The minimum absolute atomic E-state index is 0.149. The number of hydrogen-bond donors (Lipinski definition) is 2. The van der Waals surface area contributed by atoms with Crippen LogP contribution in [0.2, 0.25) is 0 Å². The molecule has 0 aliphatic heterocycles. The highest BCUT2D eigenvalue weighted by atomic mass is 16.5. The van der Waals surface area contributed by atoms with Gasteiger partial charge < -0.3 is 20.7 Å². The summed E-state index contributed by atoms with van der Waals surface area (Å²) in [6.45, 7) is 0.925. The molecule has 1 aliphatic rings. The van der Waals surface area contributed by atoms with Crippen molar-refractivity contribution in [3.05, 3.63) is 29.8 Å². The summed E-state index contributed by atoms with van der Waals surface area (Å²) < 4.78 is 5.19. The quantitative estimate of drug-likeness (QED) is 0.618. The van der Waals surface area contributed by atoms with E-state index in [0.717, 1.165) is 36.9 Å². The Morgan fingerprint density at radius 1 is 1.33 bits per heavy atom. The number of guanidine groups is 1. The number of benzene rings is 1. The van der Waals surface area contributed by atoms with Crippen molar-refractivity contribution in [2.24, 2.45) is 16.1 Å². The molecule has 1 amide bonds. The third-order valence-electron chi connectivity index (χ3n) is 4.55. The molecular formula is C18H28N4O2. The van der Waals surface area contributed by atoms with E-state index in [-0.39, 0.29) is 5.91 Å². The molecule has 6 nitrogen and oxygen atoms in total. The van der Waals surface area contributed by atoms with Gasteiger partial charge in [0.25, 0.3) is 0 Å². The molecule has 1 fully saturated rings. The van der Waals surface area contributed by atoms with Crippen molar-refractivity contribution in [2.75, 3.05) is 33.1 Å². The predicted octanol–water partition coefficient (Wildman–Crippen LogP) is 2.21. The largest absolute Gasteiger partial charge is 0.380 e. The zero-order valence-electron chi connectivity index (χ0n) is 14.8. The summed E-state index contributed by atoms with van der Waals surface area (Å²) in [6, 6.07) is 7.80. The fraction of sp³-hybridized carbons (Fsp3) is 0.556. The van der Waals surface area contributed by atoms with Crippen LogP contribution >= 0.6 is 0 Å². The number of amides is 1. The number of para-hydroxylation sites is 1. The summed E-state index contributed by atoms with van der Waals surface area (Å²) in [5, 5.41) is 3.13. The lowest BCUT2D eigenvalue weighted by Gasteiger charge is -2.29. The Kier molecular flexibility index (Phi) is 6.20. The van der Waals surface area contributed by atoms with Crippen LogP contribution in [0.15, 0.2) is 29.3 Å². The van der Waals surface area contributed by atoms with Gasteiger partial charge in [-0.1, -0.05) is 31.0 Å². The smallest absolute Gasteiger partial charge is 0.230 e. The first-order chi connectivity index (χ1) is 11.5. The summed E-state index contributed by atoms with van der Waals surface area (Å²) in [5.41, 5.74) is 7.54. The van der Waals surface area contributed by atoms with Gasteiger partial charge in [-0.3, -0.25) is 9.79 Å². The van der Waals surface area contributed by atoms with E-state index in [1.807, 2.05) is 24.3 Å². The van der Waals surface area contributed by atoms with Crippen molar-refractivity contribution in [2.45, 2.75) is 32.3 Å². The van der Waals surface area contributed by atoms with E-state index in [1.54, 1.807) is 26.1 Å². The van der Waals surface area contributed by atoms with Crippen molar-refractivity contribution >= 4 is 17.6 Å². The van der Waals surface area contributed by atoms with E-state index >= 15 is 0 Å². The van der Waals surface area contributed by atoms with Crippen molar-refractivity contribution in [1.82, 2.24) is 4.90 Å². The van der Waals surface area contributed by atoms with E-state index in [4.69, 9.17) is 10.5 Å². The zero-order valence-corrected chi connectivity index (χ0v) is 14.8. The Morgan fingerprint density at radius 2 is 2.00 bits per heavy atom. The summed E-state index contributed by atoms with van der Waals surface area (Å²) in [5.74, 6) is 0.479. The van der Waals surface area contributed by atoms with Gasteiger partial charge in [0.1, 0.15) is 0 Å². The molecule has 6 heteroatoms. The van der Waals surface area contributed by atoms with E-state index < -0.39 is 5.41 Å². The average Bonchev–Trinajstić information content (AvgIpc) is 3.04. The summed E-state index contributed by atoms with van der Waals surface area (Å²) in [4.78, 5) is 18.7. The second-order valence-corrected chi connectivity index (χ2v) is 6.60. The highest BCUT2D eigenvalue weighted by molar-refractivity contribution is 5.93. The Labute approximate surface area is 144 Å². The first-order valence-electron chi connectivity index (χ1n) is 8.34. The number of nitrogens with zero attached hydrogens (tertiary/aromatic N) is 2. The van der Waals surface area contributed by atoms with Gasteiger partial charge in [0.2, 0.25) is 5.91 Å². The van der Waals surface area contributed by atoms with Crippen LogP contribution in [-0.4, -0.2) is 44.5 Å². The van der Waals surface area contributed by atoms with Gasteiger partial charge >= 0.3 is 0 Å². The molecular weight excluding hydrogens is 304 g/mol. The molecule has 0 unspecified atom stereocenters. The van der Waals surface area contributed by atoms with Gasteiger partial charge in [0.05, 0.1) is 18.6 Å². The van der Waals surface area contributed by atoms with Gasteiger partial charge in [-0.25, -0.2) is 0 Å². The Hall–Kier alpha value is -2.08. The minimum Gasteiger partial charge on any atom is -0.380 e. The van der Waals surface area contributed by atoms with Gasteiger partial charge in [0.15, 0.2) is 5.96 Å². The lowest BCUT2D eigenvalue weighted by atomic mass is 9.85. The summed E-state index contributed by atoms with van der Waals surface area (Å²) in [6.07, 6.45) is 3.89. The van der Waals surface area contributed by atoms with Crippen LogP contribution in [0.25, 0.3) is 0 Å². The maximum Gasteiger partial charge on any atom is 0.230 e. The molecule has 3 N–H and O–H groups in total.